The maximum Gasteiger partial charge on any atom is 0.287 e. The molecule has 30 heavy (non-hydrogen) atoms. The molecule has 0 bridgehead atoms. The number of rotatable bonds is 10. The van der Waals surface area contributed by atoms with E-state index in [1.165, 1.54) is 0 Å². The van der Waals surface area contributed by atoms with Gasteiger partial charge in [-0.1, -0.05) is 68.4 Å². The van der Waals surface area contributed by atoms with Gasteiger partial charge in [-0.25, -0.2) is 0 Å². The molecule has 1 atom stereocenters. The molecule has 160 valence electrons. The fraction of sp³-hybridized carbons (Fsp3) is 0.348. The lowest BCUT2D eigenvalue weighted by Gasteiger charge is -2.27. The van der Waals surface area contributed by atoms with Crippen LogP contribution in [-0.2, 0) is 20.9 Å². The molecule has 0 aliphatic rings. The molecule has 0 aliphatic heterocycles. The second-order valence-corrected chi connectivity index (χ2v) is 7.76. The van der Waals surface area contributed by atoms with Crippen molar-refractivity contribution >= 4 is 17.6 Å². The predicted octanol–water partition coefficient (Wildman–Crippen LogP) is 1.42. The summed E-state index contributed by atoms with van der Waals surface area (Å²) in [6.07, 6.45) is -1.60. The second-order valence-electron chi connectivity index (χ2n) is 7.76. The van der Waals surface area contributed by atoms with Crippen LogP contribution >= 0.6 is 0 Å². The Morgan fingerprint density at radius 3 is 2.13 bits per heavy atom. The summed E-state index contributed by atoms with van der Waals surface area (Å²) < 4.78 is 0. The Morgan fingerprint density at radius 2 is 1.53 bits per heavy atom. The van der Waals surface area contributed by atoms with Crippen LogP contribution < -0.4 is 10.6 Å². The zero-order valence-electron chi connectivity index (χ0n) is 17.2. The van der Waals surface area contributed by atoms with Gasteiger partial charge in [0.2, 0.25) is 11.7 Å². The maximum absolute atomic E-state index is 12.0. The molecule has 2 rings (SSSR count). The zero-order valence-corrected chi connectivity index (χ0v) is 17.2. The number of ketones is 1. The number of benzene rings is 2. The van der Waals surface area contributed by atoms with Crippen LogP contribution in [0, 0.1) is 5.41 Å². The molecule has 0 aliphatic carbocycles. The molecule has 4 N–H and O–H groups in total. The molecule has 2 aromatic carbocycles. The number of hydrogen-bond donors (Lipinski definition) is 4. The smallest absolute Gasteiger partial charge is 0.287 e. The van der Waals surface area contributed by atoms with E-state index in [4.69, 9.17) is 0 Å². The normalized spacial score (nSPS) is 12.1. The van der Waals surface area contributed by atoms with Crippen LogP contribution in [0.25, 0.3) is 11.1 Å². The number of aliphatic hydroxyl groups excluding tert-OH is 2. The van der Waals surface area contributed by atoms with Crippen LogP contribution in [0.3, 0.4) is 0 Å². The molecule has 2 aromatic rings. The summed E-state index contributed by atoms with van der Waals surface area (Å²) in [5, 5.41) is 24.0. The highest BCUT2D eigenvalue weighted by atomic mass is 16.3. The van der Waals surface area contributed by atoms with Crippen LogP contribution in [0.2, 0.25) is 0 Å². The summed E-state index contributed by atoms with van der Waals surface area (Å²) in [7, 11) is 0. The molecule has 7 nitrogen and oxygen atoms in total. The van der Waals surface area contributed by atoms with Crippen molar-refractivity contribution < 1.29 is 24.6 Å². The first kappa shape index (κ1) is 23.3. The average molecular weight is 412 g/mol. The topological polar surface area (TPSA) is 116 Å². The molecular weight excluding hydrogens is 384 g/mol. The van der Waals surface area contributed by atoms with Gasteiger partial charge in [-0.15, -0.1) is 0 Å². The molecule has 0 unspecified atom stereocenters. The van der Waals surface area contributed by atoms with Crippen molar-refractivity contribution in [2.75, 3.05) is 13.2 Å². The largest absolute Gasteiger partial charge is 0.396 e. The summed E-state index contributed by atoms with van der Waals surface area (Å²) in [5.74, 6) is -2.08. The standard InChI is InChI=1S/C23H28N2O5/c1-23(2,15-26)20(28)22(30)24-13-12-19(27)21(29)25-14-16-8-10-18(11-9-16)17-6-4-3-5-7-17/h3-11,20,26,28H,12-15H2,1-2H3,(H,24,30)(H,25,29)/t20-/m0/s1. The highest BCUT2D eigenvalue weighted by molar-refractivity contribution is 6.36. The van der Waals surface area contributed by atoms with E-state index in [2.05, 4.69) is 10.6 Å². The molecule has 0 heterocycles. The Labute approximate surface area is 176 Å². The minimum Gasteiger partial charge on any atom is -0.396 e. The maximum atomic E-state index is 12.0. The third-order valence-corrected chi connectivity index (χ3v) is 4.81. The number of carbonyl (C=O) groups is 3. The Kier molecular flexibility index (Phi) is 8.26. The van der Waals surface area contributed by atoms with Gasteiger partial charge in [0.25, 0.3) is 5.91 Å². The van der Waals surface area contributed by atoms with E-state index in [0.717, 1.165) is 16.7 Å². The van der Waals surface area contributed by atoms with Gasteiger partial charge in [-0.05, 0) is 16.7 Å². The second kappa shape index (κ2) is 10.7. The fourth-order valence-electron chi connectivity index (χ4n) is 2.68. The van der Waals surface area contributed by atoms with E-state index in [1.807, 2.05) is 54.6 Å². The highest BCUT2D eigenvalue weighted by Crippen LogP contribution is 2.20. The summed E-state index contributed by atoms with van der Waals surface area (Å²) in [6.45, 7) is 2.87. The minimum absolute atomic E-state index is 0.0740. The van der Waals surface area contributed by atoms with E-state index in [0.29, 0.717) is 0 Å². The molecule has 0 saturated heterocycles. The monoisotopic (exact) mass is 412 g/mol. The van der Waals surface area contributed by atoms with Crippen molar-refractivity contribution in [3.63, 3.8) is 0 Å². The molecule has 0 radical (unpaired) electrons. The number of Topliss-reactive ketones (excluding diaryl/α,β-unsaturated/α-hetero) is 1. The third-order valence-electron chi connectivity index (χ3n) is 4.81. The molecule has 0 saturated carbocycles. The van der Waals surface area contributed by atoms with E-state index in [1.54, 1.807) is 13.8 Å². The molecule has 0 aromatic heterocycles. The quantitative estimate of drug-likeness (QED) is 0.441. The van der Waals surface area contributed by atoms with Crippen molar-refractivity contribution in [3.05, 3.63) is 60.2 Å². The van der Waals surface area contributed by atoms with E-state index in [9.17, 15) is 24.6 Å². The van der Waals surface area contributed by atoms with Crippen molar-refractivity contribution in [1.82, 2.24) is 10.6 Å². The van der Waals surface area contributed by atoms with Gasteiger partial charge < -0.3 is 20.8 Å². The molecule has 2 amide bonds. The number of carbonyl (C=O) groups excluding carboxylic acids is 3. The van der Waals surface area contributed by atoms with Gasteiger partial charge in [0.15, 0.2) is 0 Å². The zero-order chi connectivity index (χ0) is 22.1. The minimum atomic E-state index is -1.41. The van der Waals surface area contributed by atoms with Crippen molar-refractivity contribution in [2.45, 2.75) is 32.9 Å². The van der Waals surface area contributed by atoms with Crippen LogP contribution in [0.15, 0.2) is 54.6 Å². The molecule has 7 heteroatoms. The first-order valence-electron chi connectivity index (χ1n) is 9.76. The van der Waals surface area contributed by atoms with Gasteiger partial charge >= 0.3 is 0 Å². The summed E-state index contributed by atoms with van der Waals surface area (Å²) >= 11 is 0. The first-order chi connectivity index (χ1) is 14.2. The van der Waals surface area contributed by atoms with Crippen molar-refractivity contribution in [2.24, 2.45) is 5.41 Å². The highest BCUT2D eigenvalue weighted by Gasteiger charge is 2.32. The summed E-state index contributed by atoms with van der Waals surface area (Å²) in [6, 6.07) is 17.6. The van der Waals surface area contributed by atoms with E-state index < -0.39 is 29.1 Å². The number of nitrogens with one attached hydrogen (secondary N) is 2. The third kappa shape index (κ3) is 6.50. The molecule has 0 spiro atoms. The van der Waals surface area contributed by atoms with Gasteiger partial charge in [-0.2, -0.15) is 0 Å². The number of amides is 2. The molecular formula is C23H28N2O5. The van der Waals surface area contributed by atoms with Crippen LogP contribution in [0.4, 0.5) is 0 Å². The Morgan fingerprint density at radius 1 is 0.933 bits per heavy atom. The van der Waals surface area contributed by atoms with Gasteiger partial charge in [0.1, 0.15) is 6.10 Å². The van der Waals surface area contributed by atoms with Crippen molar-refractivity contribution in [1.29, 1.82) is 0 Å². The predicted molar refractivity (Wildman–Crippen MR) is 113 cm³/mol. The fourth-order valence-corrected chi connectivity index (χ4v) is 2.68. The number of aliphatic hydroxyl groups is 2. The Hall–Kier alpha value is -3.03. The first-order valence-corrected chi connectivity index (χ1v) is 9.76. The SMILES string of the molecule is CC(C)(CO)[C@@H](O)C(=O)NCCC(=O)C(=O)NCc1ccc(-c2ccccc2)cc1. The summed E-state index contributed by atoms with van der Waals surface area (Å²) in [4.78, 5) is 35.8. The lowest BCUT2D eigenvalue weighted by Crippen LogP contribution is -2.46. The Bertz CT molecular complexity index is 863. The van der Waals surface area contributed by atoms with Crippen LogP contribution in [-0.4, -0.2) is 47.1 Å². The van der Waals surface area contributed by atoms with Crippen LogP contribution in [0.1, 0.15) is 25.8 Å². The van der Waals surface area contributed by atoms with Gasteiger partial charge in [0.05, 0.1) is 6.61 Å². The Balaban J connectivity index is 1.75. The number of hydrogen-bond acceptors (Lipinski definition) is 5. The van der Waals surface area contributed by atoms with Gasteiger partial charge in [-0.3, -0.25) is 14.4 Å². The lowest BCUT2D eigenvalue weighted by atomic mass is 9.87. The van der Waals surface area contributed by atoms with E-state index in [-0.39, 0.29) is 26.1 Å². The average Bonchev–Trinajstić information content (AvgIpc) is 2.77. The van der Waals surface area contributed by atoms with Crippen LogP contribution in [0.5, 0.6) is 0 Å². The lowest BCUT2D eigenvalue weighted by molar-refractivity contribution is -0.139. The van der Waals surface area contributed by atoms with E-state index >= 15 is 0 Å². The van der Waals surface area contributed by atoms with Gasteiger partial charge in [0, 0.05) is 24.9 Å². The van der Waals surface area contributed by atoms with Crippen molar-refractivity contribution in [3.8, 4) is 11.1 Å². The summed E-state index contributed by atoms with van der Waals surface area (Å²) in [5.41, 5.74) is 2.02. The molecule has 0 fully saturated rings.